The molecule has 0 atom stereocenters. The highest BCUT2D eigenvalue weighted by Gasteiger charge is 1.68. The van der Waals surface area contributed by atoms with Crippen LogP contribution < -0.4 is 0 Å². The van der Waals surface area contributed by atoms with E-state index in [1.54, 1.807) is 0 Å². The second-order valence-electron chi connectivity index (χ2n) is 4.04. The zero-order valence-electron chi connectivity index (χ0n) is 21.4. The van der Waals surface area contributed by atoms with Crippen molar-refractivity contribution in [2.24, 2.45) is 5.92 Å². The van der Waals surface area contributed by atoms with E-state index in [1.165, 1.54) is 0 Å². The van der Waals surface area contributed by atoms with Crippen LogP contribution in [0.25, 0.3) is 0 Å². The van der Waals surface area contributed by atoms with Crippen LogP contribution in [0.15, 0.2) is 72.8 Å². The van der Waals surface area contributed by atoms with Gasteiger partial charge in [-0.05, 0) is 5.92 Å². The number of aliphatic hydroxyl groups excluding tert-OH is 2. The van der Waals surface area contributed by atoms with Gasteiger partial charge < -0.3 is 10.2 Å². The van der Waals surface area contributed by atoms with Crippen LogP contribution in [0.3, 0.4) is 0 Å². The lowest BCUT2D eigenvalue weighted by atomic mass is 10.3. The van der Waals surface area contributed by atoms with Crippen LogP contribution in [-0.2, 0) is 0 Å². The zero-order valence-corrected chi connectivity index (χ0v) is 21.4. The lowest BCUT2D eigenvalue weighted by Gasteiger charge is -1.79. The Morgan fingerprint density at radius 3 is 0.393 bits per heavy atom. The Labute approximate surface area is 179 Å². The summed E-state index contributed by atoms with van der Waals surface area (Å²) >= 11 is 0. The molecule has 2 nitrogen and oxygen atoms in total. The molecule has 0 radical (unpaired) electrons. The third-order valence-electron chi connectivity index (χ3n) is 1.33. The quantitative estimate of drug-likeness (QED) is 0.468. The molecule has 0 fully saturated rings. The van der Waals surface area contributed by atoms with Crippen molar-refractivity contribution in [1.82, 2.24) is 0 Å². The van der Waals surface area contributed by atoms with Gasteiger partial charge in [0.2, 0.25) is 0 Å². The Morgan fingerprint density at radius 1 is 0.321 bits per heavy atom. The highest BCUT2D eigenvalue weighted by Crippen LogP contribution is 1.81. The fourth-order valence-electron chi connectivity index (χ4n) is 0.770. The molecule has 0 aliphatic rings. The summed E-state index contributed by atoms with van der Waals surface area (Å²) < 4.78 is 0. The highest BCUT2D eigenvalue weighted by molar-refractivity contribution is 4.99. The third-order valence-corrected chi connectivity index (χ3v) is 1.33. The first-order valence-corrected chi connectivity index (χ1v) is 10.6. The Bertz CT molecular complexity index is 220. The summed E-state index contributed by atoms with van der Waals surface area (Å²) in [6, 6.07) is 24.0. The lowest BCUT2D eigenvalue weighted by Crippen LogP contribution is -1.66. The molecule has 2 heteroatoms. The normalized spacial score (nSPS) is 6.00. The van der Waals surface area contributed by atoms with Crippen molar-refractivity contribution in [3.63, 3.8) is 0 Å². The molecule has 0 aliphatic carbocycles. The van der Waals surface area contributed by atoms with Gasteiger partial charge in [-0.1, -0.05) is 149 Å². The minimum atomic E-state index is 0.833. The van der Waals surface area contributed by atoms with Crippen molar-refractivity contribution in [2.75, 3.05) is 14.2 Å². The van der Waals surface area contributed by atoms with Gasteiger partial charge in [-0.3, -0.25) is 0 Å². The van der Waals surface area contributed by atoms with Gasteiger partial charge in [-0.2, -0.15) is 0 Å². The molecule has 0 heterocycles. The van der Waals surface area contributed by atoms with Crippen LogP contribution in [0.1, 0.15) is 76.2 Å². The molecule has 2 aromatic rings. The standard InChI is InChI=1S/2C6H6.C4H10.4C2H6.2CH4O/c2*1-2-4-6-5-3-1;1-4(2)3;6*1-2/h2*1-6H;4H,1-3H3;4*1-2H3;2*2H,1H3. The first-order valence-electron chi connectivity index (χ1n) is 10.6. The van der Waals surface area contributed by atoms with Crippen LogP contribution >= 0.6 is 0 Å². The Balaban J connectivity index is -0.0000000379. The fraction of sp³-hybridized carbons (Fsp3) is 0.538. The Morgan fingerprint density at radius 2 is 0.357 bits per heavy atom. The Hall–Kier alpha value is -1.64. The van der Waals surface area contributed by atoms with E-state index in [9.17, 15) is 0 Å². The maximum Gasteiger partial charge on any atom is 0.0319 e. The summed E-state index contributed by atoms with van der Waals surface area (Å²) in [7, 11) is 2.00. The van der Waals surface area contributed by atoms with Crippen LogP contribution in [0.2, 0.25) is 0 Å². The predicted molar refractivity (Wildman–Crippen MR) is 135 cm³/mol. The van der Waals surface area contributed by atoms with Crippen molar-refractivity contribution < 1.29 is 10.2 Å². The minimum Gasteiger partial charge on any atom is -0.400 e. The molecule has 0 unspecified atom stereocenters. The van der Waals surface area contributed by atoms with Gasteiger partial charge in [0.05, 0.1) is 0 Å². The molecular weight excluding hydrogens is 344 g/mol. The van der Waals surface area contributed by atoms with E-state index in [0.717, 1.165) is 20.1 Å². The van der Waals surface area contributed by atoms with Gasteiger partial charge in [-0.15, -0.1) is 0 Å². The molecule has 0 aliphatic heterocycles. The number of hydrogen-bond donors (Lipinski definition) is 2. The van der Waals surface area contributed by atoms with E-state index < -0.39 is 0 Å². The van der Waals surface area contributed by atoms with Crippen molar-refractivity contribution in [1.29, 1.82) is 0 Å². The summed E-state index contributed by atoms with van der Waals surface area (Å²) in [4.78, 5) is 0. The molecule has 0 saturated heterocycles. The highest BCUT2D eigenvalue weighted by atomic mass is 16.2. The second-order valence-corrected chi connectivity index (χ2v) is 4.04. The SMILES string of the molecule is CC.CC.CC.CC.CC(C)C.CO.CO.c1ccccc1.c1ccccc1. The van der Waals surface area contributed by atoms with E-state index in [4.69, 9.17) is 10.2 Å². The molecule has 0 bridgehead atoms. The van der Waals surface area contributed by atoms with Crippen molar-refractivity contribution in [2.45, 2.75) is 76.2 Å². The minimum absolute atomic E-state index is 0.833. The van der Waals surface area contributed by atoms with E-state index in [1.807, 2.05) is 128 Å². The van der Waals surface area contributed by atoms with E-state index in [-0.39, 0.29) is 0 Å². The summed E-state index contributed by atoms with van der Waals surface area (Å²) in [5.41, 5.74) is 0. The monoisotopic (exact) mass is 398 g/mol. The molecule has 2 N–H and O–H groups in total. The molecule has 0 saturated carbocycles. The molecule has 2 aromatic carbocycles. The Kier molecular flexibility index (Phi) is 136. The van der Waals surface area contributed by atoms with E-state index in [2.05, 4.69) is 20.8 Å². The van der Waals surface area contributed by atoms with Crippen LogP contribution in [0.4, 0.5) is 0 Å². The van der Waals surface area contributed by atoms with Gasteiger partial charge in [0.15, 0.2) is 0 Å². The second kappa shape index (κ2) is 84.3. The average Bonchev–Trinajstić information content (AvgIpc) is 2.84. The molecule has 0 aromatic heterocycles. The molecule has 0 amide bonds. The molecule has 170 valence electrons. The van der Waals surface area contributed by atoms with Gasteiger partial charge in [0.25, 0.3) is 0 Å². The van der Waals surface area contributed by atoms with Gasteiger partial charge in [0, 0.05) is 14.2 Å². The van der Waals surface area contributed by atoms with Crippen molar-refractivity contribution in [3.05, 3.63) is 72.8 Å². The van der Waals surface area contributed by atoms with Crippen LogP contribution in [-0.4, -0.2) is 24.4 Å². The van der Waals surface area contributed by atoms with E-state index in [0.29, 0.717) is 0 Å². The largest absolute Gasteiger partial charge is 0.400 e. The summed E-state index contributed by atoms with van der Waals surface area (Å²) in [5.74, 6) is 0.833. The third kappa shape index (κ3) is 124. The lowest BCUT2D eigenvalue weighted by molar-refractivity contribution is 0.399. The molecule has 0 spiro atoms. The molecule has 28 heavy (non-hydrogen) atoms. The topological polar surface area (TPSA) is 40.5 Å². The fourth-order valence-corrected chi connectivity index (χ4v) is 0.770. The summed E-state index contributed by atoms with van der Waals surface area (Å²) in [5, 5.41) is 14.0. The molecule has 2 rings (SSSR count). The first kappa shape index (κ1) is 45.2. The van der Waals surface area contributed by atoms with Crippen LogP contribution in [0.5, 0.6) is 0 Å². The number of benzene rings is 2. The van der Waals surface area contributed by atoms with Gasteiger partial charge in [0.1, 0.15) is 0 Å². The maximum absolute atomic E-state index is 7.00. The zero-order chi connectivity index (χ0) is 24.1. The summed E-state index contributed by atoms with van der Waals surface area (Å²) in [6.45, 7) is 22.5. The van der Waals surface area contributed by atoms with Crippen molar-refractivity contribution in [3.8, 4) is 0 Å². The molecular formula is C26H54O2. The number of rotatable bonds is 0. The van der Waals surface area contributed by atoms with Crippen LogP contribution in [0, 0.1) is 5.92 Å². The van der Waals surface area contributed by atoms with Gasteiger partial charge in [-0.25, -0.2) is 0 Å². The van der Waals surface area contributed by atoms with Gasteiger partial charge >= 0.3 is 0 Å². The first-order chi connectivity index (χ1) is 13.7. The van der Waals surface area contributed by atoms with E-state index >= 15 is 0 Å². The average molecular weight is 399 g/mol. The maximum atomic E-state index is 7.00. The number of aliphatic hydroxyl groups is 2. The smallest absolute Gasteiger partial charge is 0.0319 e. The van der Waals surface area contributed by atoms with Crippen molar-refractivity contribution >= 4 is 0 Å². The predicted octanol–water partition coefficient (Wildman–Crippen LogP) is 8.36. The summed E-state index contributed by atoms with van der Waals surface area (Å²) in [6.07, 6.45) is 0. The number of hydrogen-bond acceptors (Lipinski definition) is 2.